The van der Waals surface area contributed by atoms with Gasteiger partial charge in [0.25, 0.3) is 0 Å². The van der Waals surface area contributed by atoms with Crippen LogP contribution in [0.5, 0.6) is 5.75 Å². The molecule has 1 saturated heterocycles. The molecule has 0 atom stereocenters. The Morgan fingerprint density at radius 1 is 1.06 bits per heavy atom. The van der Waals surface area contributed by atoms with Gasteiger partial charge in [-0.25, -0.2) is 0 Å². The fourth-order valence-electron chi connectivity index (χ4n) is 1.92. The van der Waals surface area contributed by atoms with Crippen molar-refractivity contribution < 1.29 is 17.9 Å². The number of alkyl halides is 3. The normalized spacial score (nSPS) is 18.1. The lowest BCUT2D eigenvalue weighted by atomic mass is 10.3. The van der Waals surface area contributed by atoms with Crippen LogP contribution in [0.4, 0.5) is 13.2 Å². The second-order valence-electron chi connectivity index (χ2n) is 3.98. The van der Waals surface area contributed by atoms with Gasteiger partial charge in [-0.05, 0) is 31.4 Å². The molecule has 94 valence electrons. The number of hydrogen-bond acceptors (Lipinski definition) is 1. The van der Waals surface area contributed by atoms with E-state index < -0.39 is 6.36 Å². The zero-order chi connectivity index (χ0) is 12.3. The van der Waals surface area contributed by atoms with Crippen LogP contribution in [0.1, 0.15) is 19.3 Å². The molecule has 0 N–H and O–H groups in total. The van der Waals surface area contributed by atoms with Gasteiger partial charge in [0.1, 0.15) is 17.3 Å². The topological polar surface area (TPSA) is 9.23 Å². The number of benzene rings is 1. The minimum atomic E-state index is -4.60. The van der Waals surface area contributed by atoms with E-state index in [9.17, 15) is 13.2 Å². The third-order valence-corrected chi connectivity index (χ3v) is 5.14. The molecule has 2 rings (SSSR count). The molecule has 0 bridgehead atoms. The predicted octanol–water partition coefficient (Wildman–Crippen LogP) is 3.75. The Balaban J connectivity index is 2.10. The molecule has 1 fully saturated rings. The molecule has 0 radical (unpaired) electrons. The predicted molar refractivity (Wildman–Crippen MR) is 62.3 cm³/mol. The Morgan fingerprint density at radius 2 is 1.76 bits per heavy atom. The summed E-state index contributed by atoms with van der Waals surface area (Å²) in [6.45, 7) is 0. The summed E-state index contributed by atoms with van der Waals surface area (Å²) in [6.07, 6.45) is -1.02. The van der Waals surface area contributed by atoms with E-state index in [2.05, 4.69) is 4.74 Å². The molecule has 1 aromatic rings. The van der Waals surface area contributed by atoms with E-state index in [1.165, 1.54) is 31.4 Å². The van der Waals surface area contributed by atoms with Gasteiger partial charge in [-0.3, -0.25) is 0 Å². The van der Waals surface area contributed by atoms with Gasteiger partial charge in [0.2, 0.25) is 0 Å². The Hall–Kier alpha value is -0.840. The first-order valence-corrected chi connectivity index (χ1v) is 7.14. The highest BCUT2D eigenvalue weighted by Gasteiger charge is 2.32. The van der Waals surface area contributed by atoms with Gasteiger partial charge in [-0.2, -0.15) is 0 Å². The maximum Gasteiger partial charge on any atom is 0.573 e. The van der Waals surface area contributed by atoms with Crippen molar-refractivity contribution in [2.75, 3.05) is 11.5 Å². The van der Waals surface area contributed by atoms with Crippen molar-refractivity contribution in [2.45, 2.75) is 30.5 Å². The number of rotatable bonds is 2. The second kappa shape index (κ2) is 5.21. The quantitative estimate of drug-likeness (QED) is 0.738. The lowest BCUT2D eigenvalue weighted by molar-refractivity contribution is -0.274. The van der Waals surface area contributed by atoms with Crippen molar-refractivity contribution in [3.8, 4) is 5.75 Å². The van der Waals surface area contributed by atoms with Crippen molar-refractivity contribution in [1.82, 2.24) is 0 Å². The van der Waals surface area contributed by atoms with E-state index in [4.69, 9.17) is 0 Å². The van der Waals surface area contributed by atoms with Crippen LogP contribution in [0, 0.1) is 0 Å². The van der Waals surface area contributed by atoms with E-state index in [1.54, 1.807) is 6.07 Å². The third kappa shape index (κ3) is 3.84. The fourth-order valence-corrected chi connectivity index (χ4v) is 4.25. The van der Waals surface area contributed by atoms with Crippen molar-refractivity contribution >= 4 is 10.9 Å². The smallest absolute Gasteiger partial charge is 0.406 e. The first kappa shape index (κ1) is 12.6. The van der Waals surface area contributed by atoms with E-state index in [0.717, 1.165) is 16.4 Å². The van der Waals surface area contributed by atoms with Crippen LogP contribution < -0.4 is 4.74 Å². The minimum absolute atomic E-state index is 0.104. The van der Waals surface area contributed by atoms with Gasteiger partial charge in [0.15, 0.2) is 4.90 Å². The zero-order valence-corrected chi connectivity index (χ0v) is 10.1. The fraction of sp³-hybridized carbons (Fsp3) is 0.500. The van der Waals surface area contributed by atoms with Crippen molar-refractivity contribution in [2.24, 2.45) is 0 Å². The van der Waals surface area contributed by atoms with Crippen LogP contribution in [-0.4, -0.2) is 17.9 Å². The molecule has 0 aromatic heterocycles. The Kier molecular flexibility index (Phi) is 3.86. The monoisotopic (exact) mass is 263 g/mol. The van der Waals surface area contributed by atoms with Crippen LogP contribution in [0.3, 0.4) is 0 Å². The SMILES string of the molecule is FC(F)(F)Oc1cccc([S+]2CCCCC2)c1. The summed E-state index contributed by atoms with van der Waals surface area (Å²) in [7, 11) is 0.106. The van der Waals surface area contributed by atoms with Gasteiger partial charge >= 0.3 is 6.36 Å². The molecular weight excluding hydrogens is 249 g/mol. The molecule has 0 saturated carbocycles. The van der Waals surface area contributed by atoms with Crippen LogP contribution in [0.25, 0.3) is 0 Å². The van der Waals surface area contributed by atoms with E-state index in [1.807, 2.05) is 6.07 Å². The lowest BCUT2D eigenvalue weighted by Crippen LogP contribution is -2.19. The highest BCUT2D eigenvalue weighted by molar-refractivity contribution is 7.96. The summed E-state index contributed by atoms with van der Waals surface area (Å²) < 4.78 is 40.2. The summed E-state index contributed by atoms with van der Waals surface area (Å²) in [4.78, 5) is 0.992. The van der Waals surface area contributed by atoms with Gasteiger partial charge in [-0.1, -0.05) is 6.07 Å². The standard InChI is InChI=1S/C12H14F3OS/c13-12(14,15)16-10-5-4-6-11(9-10)17-7-2-1-3-8-17/h4-6,9H,1-3,7-8H2/q+1. The number of ether oxygens (including phenoxy) is 1. The van der Waals surface area contributed by atoms with Crippen LogP contribution in [0.15, 0.2) is 29.2 Å². The van der Waals surface area contributed by atoms with Gasteiger partial charge < -0.3 is 4.74 Å². The van der Waals surface area contributed by atoms with Crippen LogP contribution in [0.2, 0.25) is 0 Å². The molecule has 5 heteroatoms. The van der Waals surface area contributed by atoms with Crippen LogP contribution >= 0.6 is 0 Å². The average Bonchev–Trinajstić information content (AvgIpc) is 2.28. The number of hydrogen-bond donors (Lipinski definition) is 0. The van der Waals surface area contributed by atoms with E-state index in [0.29, 0.717) is 0 Å². The van der Waals surface area contributed by atoms with Gasteiger partial charge in [0, 0.05) is 17.0 Å². The van der Waals surface area contributed by atoms with Crippen molar-refractivity contribution in [3.05, 3.63) is 24.3 Å². The molecular formula is C12H14F3OS+. The first-order valence-electron chi connectivity index (χ1n) is 5.58. The summed E-state index contributed by atoms with van der Waals surface area (Å²) >= 11 is 0. The molecule has 1 nitrogen and oxygen atoms in total. The van der Waals surface area contributed by atoms with Crippen molar-refractivity contribution in [3.63, 3.8) is 0 Å². The zero-order valence-electron chi connectivity index (χ0n) is 9.30. The molecule has 1 aliphatic heterocycles. The summed E-state index contributed by atoms with van der Waals surface area (Å²) in [6, 6.07) is 6.42. The molecule has 1 aromatic carbocycles. The highest BCUT2D eigenvalue weighted by atomic mass is 32.2. The maximum atomic E-state index is 12.1. The lowest BCUT2D eigenvalue weighted by Gasteiger charge is -2.14. The third-order valence-electron chi connectivity index (χ3n) is 2.65. The summed E-state index contributed by atoms with van der Waals surface area (Å²) in [5.41, 5.74) is 0. The molecule has 17 heavy (non-hydrogen) atoms. The highest BCUT2D eigenvalue weighted by Crippen LogP contribution is 2.28. The Morgan fingerprint density at radius 3 is 2.41 bits per heavy atom. The summed E-state index contributed by atoms with van der Waals surface area (Å²) in [5, 5.41) is 0. The summed E-state index contributed by atoms with van der Waals surface area (Å²) in [5.74, 6) is 2.08. The molecule has 0 unspecified atom stereocenters. The first-order chi connectivity index (χ1) is 8.04. The molecule has 0 amide bonds. The van der Waals surface area contributed by atoms with Gasteiger partial charge in [-0.15, -0.1) is 13.2 Å². The maximum absolute atomic E-state index is 12.1. The van der Waals surface area contributed by atoms with Gasteiger partial charge in [0.05, 0.1) is 0 Å². The van der Waals surface area contributed by atoms with E-state index in [-0.39, 0.29) is 16.6 Å². The van der Waals surface area contributed by atoms with Crippen molar-refractivity contribution in [1.29, 1.82) is 0 Å². The second-order valence-corrected chi connectivity index (χ2v) is 6.26. The van der Waals surface area contributed by atoms with Crippen LogP contribution in [-0.2, 0) is 10.9 Å². The average molecular weight is 263 g/mol. The Labute approximate surface area is 101 Å². The van der Waals surface area contributed by atoms with E-state index >= 15 is 0 Å². The minimum Gasteiger partial charge on any atom is -0.406 e. The largest absolute Gasteiger partial charge is 0.573 e. The molecule has 1 heterocycles. The number of halogens is 3. The molecule has 1 aliphatic rings. The molecule has 0 spiro atoms. The molecule has 0 aliphatic carbocycles. The Bertz CT molecular complexity index is 372.